The van der Waals surface area contributed by atoms with Crippen LogP contribution in [-0.2, 0) is 7.05 Å². The minimum atomic E-state index is -0.331. The number of benzene rings is 1. The van der Waals surface area contributed by atoms with Crippen molar-refractivity contribution in [3.8, 4) is 0 Å². The molecular formula is C15H16FNO. The summed E-state index contributed by atoms with van der Waals surface area (Å²) in [4.78, 5) is 12.2. The van der Waals surface area contributed by atoms with Gasteiger partial charge in [-0.1, -0.05) is 13.8 Å². The molecule has 1 aromatic carbocycles. The number of aryl methyl sites for hydroxylation is 1. The number of nitrogens with zero attached hydrogens (tertiary/aromatic N) is 1. The maximum atomic E-state index is 12.8. The fraction of sp³-hybridized carbons (Fsp3) is 0.267. The van der Waals surface area contributed by atoms with E-state index in [0.717, 1.165) is 5.69 Å². The molecule has 1 aromatic heterocycles. The zero-order chi connectivity index (χ0) is 13.3. The van der Waals surface area contributed by atoms with Crippen LogP contribution in [0, 0.1) is 5.82 Å². The van der Waals surface area contributed by atoms with Crippen LogP contribution in [-0.4, -0.2) is 10.4 Å². The molecule has 2 rings (SSSR count). The molecule has 3 heteroatoms. The third kappa shape index (κ3) is 2.35. The van der Waals surface area contributed by atoms with Crippen molar-refractivity contribution in [2.45, 2.75) is 19.8 Å². The summed E-state index contributed by atoms with van der Waals surface area (Å²) in [7, 11) is 1.93. The third-order valence-electron chi connectivity index (χ3n) is 3.00. The Hall–Kier alpha value is -1.90. The average molecular weight is 245 g/mol. The molecule has 2 aromatic rings. The van der Waals surface area contributed by atoms with Gasteiger partial charge in [0.15, 0.2) is 5.78 Å². The highest BCUT2D eigenvalue weighted by atomic mass is 19.1. The first kappa shape index (κ1) is 12.6. The summed E-state index contributed by atoms with van der Waals surface area (Å²) in [6.45, 7) is 4.17. The van der Waals surface area contributed by atoms with Crippen LogP contribution >= 0.6 is 0 Å². The van der Waals surface area contributed by atoms with E-state index in [4.69, 9.17) is 0 Å². The molecule has 2 nitrogen and oxygen atoms in total. The summed E-state index contributed by atoms with van der Waals surface area (Å²) < 4.78 is 14.8. The molecule has 0 spiro atoms. The van der Waals surface area contributed by atoms with Crippen molar-refractivity contribution >= 4 is 5.78 Å². The number of carbonyl (C=O) groups is 1. The summed E-state index contributed by atoms with van der Waals surface area (Å²) in [5, 5.41) is 0. The number of ketones is 1. The van der Waals surface area contributed by atoms with Crippen molar-refractivity contribution in [1.82, 2.24) is 4.57 Å². The minimum absolute atomic E-state index is 0.0718. The van der Waals surface area contributed by atoms with Crippen LogP contribution in [0.1, 0.15) is 41.4 Å². The average Bonchev–Trinajstić information content (AvgIpc) is 2.71. The summed E-state index contributed by atoms with van der Waals surface area (Å²) in [6.07, 6.45) is 1.82. The molecule has 0 saturated carbocycles. The Morgan fingerprint density at radius 3 is 2.28 bits per heavy atom. The van der Waals surface area contributed by atoms with E-state index in [1.165, 1.54) is 24.3 Å². The maximum Gasteiger partial charge on any atom is 0.194 e. The highest BCUT2D eigenvalue weighted by Gasteiger charge is 2.14. The van der Waals surface area contributed by atoms with E-state index in [1.54, 1.807) is 0 Å². The fourth-order valence-electron chi connectivity index (χ4n) is 2.05. The van der Waals surface area contributed by atoms with E-state index < -0.39 is 0 Å². The topological polar surface area (TPSA) is 22.0 Å². The number of carbonyl (C=O) groups excluding carboxylic acids is 1. The molecule has 0 N–H and O–H groups in total. The van der Waals surface area contributed by atoms with Gasteiger partial charge in [-0.2, -0.15) is 0 Å². The molecular weight excluding hydrogens is 229 g/mol. The lowest BCUT2D eigenvalue weighted by Gasteiger charge is -2.04. The number of hydrogen-bond acceptors (Lipinski definition) is 1. The van der Waals surface area contributed by atoms with Gasteiger partial charge in [0.2, 0.25) is 0 Å². The monoisotopic (exact) mass is 245 g/mol. The quantitative estimate of drug-likeness (QED) is 0.758. The summed E-state index contributed by atoms with van der Waals surface area (Å²) in [5.74, 6) is -0.0373. The lowest BCUT2D eigenvalue weighted by molar-refractivity contribution is 0.103. The van der Waals surface area contributed by atoms with Gasteiger partial charge in [0.1, 0.15) is 5.82 Å². The van der Waals surface area contributed by atoms with Gasteiger partial charge in [-0.3, -0.25) is 4.79 Å². The molecule has 1 heterocycles. The first-order valence-corrected chi connectivity index (χ1v) is 5.95. The number of aromatic nitrogens is 1. The lowest BCUT2D eigenvalue weighted by Crippen LogP contribution is -1.99. The summed E-state index contributed by atoms with van der Waals surface area (Å²) >= 11 is 0. The normalized spacial score (nSPS) is 10.9. The Kier molecular flexibility index (Phi) is 3.32. The van der Waals surface area contributed by atoms with Crippen LogP contribution in [0.3, 0.4) is 0 Å². The molecule has 0 fully saturated rings. The van der Waals surface area contributed by atoms with Crippen LogP contribution in [0.2, 0.25) is 0 Å². The van der Waals surface area contributed by atoms with Crippen molar-refractivity contribution < 1.29 is 9.18 Å². The van der Waals surface area contributed by atoms with Crippen LogP contribution in [0.25, 0.3) is 0 Å². The second-order valence-corrected chi connectivity index (χ2v) is 4.76. The summed E-state index contributed by atoms with van der Waals surface area (Å²) in [6, 6.07) is 7.54. The zero-order valence-corrected chi connectivity index (χ0v) is 10.8. The highest BCUT2D eigenvalue weighted by Crippen LogP contribution is 2.19. The molecule has 94 valence electrons. The van der Waals surface area contributed by atoms with Gasteiger partial charge in [0.25, 0.3) is 0 Å². The van der Waals surface area contributed by atoms with E-state index in [2.05, 4.69) is 13.8 Å². The molecule has 0 aliphatic rings. The van der Waals surface area contributed by atoms with Crippen molar-refractivity contribution in [3.05, 3.63) is 59.2 Å². The maximum absolute atomic E-state index is 12.8. The van der Waals surface area contributed by atoms with Crippen LogP contribution in [0.4, 0.5) is 4.39 Å². The van der Waals surface area contributed by atoms with Gasteiger partial charge in [-0.15, -0.1) is 0 Å². The minimum Gasteiger partial charge on any atom is -0.353 e. The Morgan fingerprint density at radius 1 is 1.17 bits per heavy atom. The number of hydrogen-bond donors (Lipinski definition) is 0. The van der Waals surface area contributed by atoms with E-state index in [1.807, 2.05) is 23.9 Å². The number of rotatable bonds is 3. The van der Waals surface area contributed by atoms with Crippen LogP contribution in [0.5, 0.6) is 0 Å². The predicted octanol–water partition coefficient (Wildman–Crippen LogP) is 3.52. The molecule has 0 amide bonds. The summed E-state index contributed by atoms with van der Waals surface area (Å²) in [5.41, 5.74) is 2.27. The lowest BCUT2D eigenvalue weighted by atomic mass is 10.0. The molecule has 0 bridgehead atoms. The van der Waals surface area contributed by atoms with E-state index in [9.17, 15) is 9.18 Å². The smallest absolute Gasteiger partial charge is 0.194 e. The van der Waals surface area contributed by atoms with Gasteiger partial charge >= 0.3 is 0 Å². The standard InChI is InChI=1S/C15H16FNO/c1-10(2)14-8-12(9-17(14)3)15(18)11-4-6-13(16)7-5-11/h4-10H,1-3H3. The Bertz CT molecular complexity index is 567. The first-order valence-electron chi connectivity index (χ1n) is 5.95. The Morgan fingerprint density at radius 2 is 1.78 bits per heavy atom. The zero-order valence-electron chi connectivity index (χ0n) is 10.8. The second kappa shape index (κ2) is 4.77. The second-order valence-electron chi connectivity index (χ2n) is 4.76. The van der Waals surface area contributed by atoms with Crippen LogP contribution < -0.4 is 0 Å². The predicted molar refractivity (Wildman–Crippen MR) is 69.3 cm³/mol. The van der Waals surface area contributed by atoms with Crippen molar-refractivity contribution in [3.63, 3.8) is 0 Å². The van der Waals surface area contributed by atoms with Gasteiger partial charge in [-0.25, -0.2) is 4.39 Å². The van der Waals surface area contributed by atoms with Crippen LogP contribution in [0.15, 0.2) is 36.5 Å². The first-order chi connectivity index (χ1) is 8.49. The molecule has 0 unspecified atom stereocenters. The van der Waals surface area contributed by atoms with Crippen molar-refractivity contribution in [2.75, 3.05) is 0 Å². The van der Waals surface area contributed by atoms with Gasteiger partial charge in [0, 0.05) is 30.1 Å². The molecule has 0 aliphatic heterocycles. The van der Waals surface area contributed by atoms with E-state index in [-0.39, 0.29) is 11.6 Å². The highest BCUT2D eigenvalue weighted by molar-refractivity contribution is 6.09. The van der Waals surface area contributed by atoms with Gasteiger partial charge in [0.05, 0.1) is 0 Å². The van der Waals surface area contributed by atoms with Crippen molar-refractivity contribution in [1.29, 1.82) is 0 Å². The van der Waals surface area contributed by atoms with Gasteiger partial charge < -0.3 is 4.57 Å². The molecule has 0 saturated heterocycles. The Labute approximate surface area is 106 Å². The SMILES string of the molecule is CC(C)c1cc(C(=O)c2ccc(F)cc2)cn1C. The fourth-order valence-corrected chi connectivity index (χ4v) is 2.05. The molecule has 0 atom stereocenters. The van der Waals surface area contributed by atoms with E-state index >= 15 is 0 Å². The largest absolute Gasteiger partial charge is 0.353 e. The molecule has 0 aliphatic carbocycles. The number of halogens is 1. The third-order valence-corrected chi connectivity index (χ3v) is 3.00. The van der Waals surface area contributed by atoms with Crippen molar-refractivity contribution in [2.24, 2.45) is 7.05 Å². The molecule has 0 radical (unpaired) electrons. The Balaban J connectivity index is 2.34. The molecule has 18 heavy (non-hydrogen) atoms. The van der Waals surface area contributed by atoms with Gasteiger partial charge in [-0.05, 0) is 36.2 Å². The van der Waals surface area contributed by atoms with E-state index in [0.29, 0.717) is 17.0 Å².